The topological polar surface area (TPSA) is 56.5 Å². The molecule has 180 valence electrons. The Kier molecular flexibility index (Phi) is 6.93. The summed E-state index contributed by atoms with van der Waals surface area (Å²) >= 11 is 6.16. The molecule has 3 aromatic carbocycles. The average Bonchev–Trinajstić information content (AvgIpc) is 2.84. The summed E-state index contributed by atoms with van der Waals surface area (Å²) in [6.07, 6.45) is -2.47. The first-order valence-corrected chi connectivity index (χ1v) is 11.2. The van der Waals surface area contributed by atoms with Crippen molar-refractivity contribution in [3.05, 3.63) is 93.2 Å². The molecule has 1 heterocycles. The lowest BCUT2D eigenvalue weighted by Crippen LogP contribution is -2.20. The highest BCUT2D eigenvalue weighted by Gasteiger charge is 2.31. The minimum absolute atomic E-state index is 0.0255. The van der Waals surface area contributed by atoms with Crippen LogP contribution in [0.3, 0.4) is 0 Å². The van der Waals surface area contributed by atoms with E-state index in [4.69, 9.17) is 16.3 Å². The number of alkyl halides is 3. The zero-order valence-electron chi connectivity index (χ0n) is 18.9. The third kappa shape index (κ3) is 5.38. The van der Waals surface area contributed by atoms with Crippen LogP contribution in [0, 0.1) is 0 Å². The van der Waals surface area contributed by atoms with Gasteiger partial charge in [-0.1, -0.05) is 42.8 Å². The first-order chi connectivity index (χ1) is 16.7. The lowest BCUT2D eigenvalue weighted by Gasteiger charge is -2.15. The quantitative estimate of drug-likeness (QED) is 0.274. The lowest BCUT2D eigenvalue weighted by molar-refractivity contribution is -0.137. The summed E-state index contributed by atoms with van der Waals surface area (Å²) in [5.74, 6) is 0.484. The van der Waals surface area contributed by atoms with Gasteiger partial charge in [-0.15, -0.1) is 0 Å². The Bertz CT molecular complexity index is 1460. The normalized spacial score (nSPS) is 12.9. The number of fused-ring (bicyclic) bond motifs is 1. The number of benzene rings is 3. The number of halogens is 4. The second-order valence-corrected chi connectivity index (χ2v) is 8.35. The molecule has 4 rings (SSSR count). The van der Waals surface area contributed by atoms with Crippen molar-refractivity contribution in [1.82, 2.24) is 9.66 Å². The molecule has 35 heavy (non-hydrogen) atoms. The van der Waals surface area contributed by atoms with Crippen LogP contribution >= 0.6 is 11.6 Å². The van der Waals surface area contributed by atoms with Crippen LogP contribution in [0.25, 0.3) is 22.3 Å². The molecule has 0 aliphatic heterocycles. The van der Waals surface area contributed by atoms with Crippen LogP contribution in [0.4, 0.5) is 13.2 Å². The summed E-state index contributed by atoms with van der Waals surface area (Å²) in [5.41, 5.74) is -0.424. The highest BCUT2D eigenvalue weighted by atomic mass is 35.5. The van der Waals surface area contributed by atoms with Gasteiger partial charge >= 0.3 is 6.18 Å². The standard InChI is InChI=1S/C26H21ClF3N3O2/c1-3-16(2)35-23-12-11-20(27)14-18(23)15-31-33-24(17-7-6-8-19(13-17)26(28,29)30)32-22-10-5-4-9-21(22)25(33)34/h4-16H,3H2,1-2H3/t16-/m0/s1. The summed E-state index contributed by atoms with van der Waals surface area (Å²) in [6, 6.07) is 16.2. The van der Waals surface area contributed by atoms with Gasteiger partial charge in [0.25, 0.3) is 5.56 Å². The lowest BCUT2D eigenvalue weighted by atomic mass is 10.1. The Morgan fingerprint density at radius 1 is 1.11 bits per heavy atom. The van der Waals surface area contributed by atoms with E-state index in [1.165, 1.54) is 18.3 Å². The van der Waals surface area contributed by atoms with Gasteiger partial charge in [-0.25, -0.2) is 4.98 Å². The maximum Gasteiger partial charge on any atom is 0.416 e. The zero-order valence-corrected chi connectivity index (χ0v) is 19.6. The fraction of sp³-hybridized carbons (Fsp3) is 0.192. The minimum Gasteiger partial charge on any atom is -0.490 e. The number of aromatic nitrogens is 2. The van der Waals surface area contributed by atoms with Gasteiger partial charge in [-0.05, 0) is 55.8 Å². The van der Waals surface area contributed by atoms with Gasteiger partial charge in [0, 0.05) is 16.1 Å². The molecular formula is C26H21ClF3N3O2. The number of hydrogen-bond acceptors (Lipinski definition) is 4. The molecule has 1 atom stereocenters. The molecule has 0 saturated heterocycles. The van der Waals surface area contributed by atoms with Crippen molar-refractivity contribution in [2.75, 3.05) is 0 Å². The van der Waals surface area contributed by atoms with Crippen molar-refractivity contribution >= 4 is 28.7 Å². The van der Waals surface area contributed by atoms with Crippen molar-refractivity contribution in [3.8, 4) is 17.1 Å². The van der Waals surface area contributed by atoms with Gasteiger partial charge in [0.1, 0.15) is 5.75 Å². The van der Waals surface area contributed by atoms with E-state index in [1.807, 2.05) is 13.8 Å². The molecule has 0 radical (unpaired) electrons. The van der Waals surface area contributed by atoms with E-state index in [0.29, 0.717) is 21.9 Å². The molecule has 0 N–H and O–H groups in total. The van der Waals surface area contributed by atoms with Crippen molar-refractivity contribution in [3.63, 3.8) is 0 Å². The summed E-state index contributed by atoms with van der Waals surface area (Å²) in [6.45, 7) is 3.90. The number of ether oxygens (including phenoxy) is 1. The first-order valence-electron chi connectivity index (χ1n) is 10.9. The Labute approximate surface area is 204 Å². The van der Waals surface area contributed by atoms with Gasteiger partial charge in [0.15, 0.2) is 5.82 Å². The molecule has 0 spiro atoms. The van der Waals surface area contributed by atoms with E-state index in [1.54, 1.807) is 42.5 Å². The Hall–Kier alpha value is -3.65. The van der Waals surface area contributed by atoms with Crippen LogP contribution in [-0.2, 0) is 6.18 Å². The van der Waals surface area contributed by atoms with Gasteiger partial charge in [-0.2, -0.15) is 22.9 Å². The van der Waals surface area contributed by atoms with Crippen LogP contribution in [0.2, 0.25) is 5.02 Å². The number of rotatable bonds is 6. The smallest absolute Gasteiger partial charge is 0.416 e. The van der Waals surface area contributed by atoms with E-state index >= 15 is 0 Å². The fourth-order valence-electron chi connectivity index (χ4n) is 3.40. The van der Waals surface area contributed by atoms with E-state index in [2.05, 4.69) is 10.1 Å². The Balaban J connectivity index is 1.91. The van der Waals surface area contributed by atoms with Gasteiger partial charge in [0.2, 0.25) is 0 Å². The number of nitrogens with zero attached hydrogens (tertiary/aromatic N) is 3. The summed E-state index contributed by atoms with van der Waals surface area (Å²) in [5, 5.41) is 5.04. The van der Waals surface area contributed by atoms with Crippen LogP contribution < -0.4 is 10.3 Å². The molecule has 0 bridgehead atoms. The van der Waals surface area contributed by atoms with Gasteiger partial charge in [-0.3, -0.25) is 4.79 Å². The van der Waals surface area contributed by atoms with E-state index in [0.717, 1.165) is 23.2 Å². The fourth-order valence-corrected chi connectivity index (χ4v) is 3.58. The number of para-hydroxylation sites is 1. The van der Waals surface area contributed by atoms with Gasteiger partial charge < -0.3 is 4.74 Å². The second kappa shape index (κ2) is 9.92. The highest BCUT2D eigenvalue weighted by molar-refractivity contribution is 6.30. The summed E-state index contributed by atoms with van der Waals surface area (Å²) in [4.78, 5) is 17.8. The third-order valence-electron chi connectivity index (χ3n) is 5.39. The van der Waals surface area contributed by atoms with Crippen molar-refractivity contribution < 1.29 is 17.9 Å². The second-order valence-electron chi connectivity index (χ2n) is 7.91. The molecule has 5 nitrogen and oxygen atoms in total. The molecule has 9 heteroatoms. The Morgan fingerprint density at radius 2 is 1.89 bits per heavy atom. The molecular weight excluding hydrogens is 479 g/mol. The van der Waals surface area contributed by atoms with Gasteiger partial charge in [0.05, 0.1) is 28.8 Å². The molecule has 0 aliphatic carbocycles. The van der Waals surface area contributed by atoms with E-state index < -0.39 is 17.3 Å². The first kappa shape index (κ1) is 24.5. The predicted molar refractivity (Wildman–Crippen MR) is 131 cm³/mol. The third-order valence-corrected chi connectivity index (χ3v) is 5.62. The zero-order chi connectivity index (χ0) is 25.2. The number of hydrogen-bond donors (Lipinski definition) is 0. The monoisotopic (exact) mass is 499 g/mol. The van der Waals surface area contributed by atoms with E-state index in [9.17, 15) is 18.0 Å². The average molecular weight is 500 g/mol. The predicted octanol–water partition coefficient (Wildman–Crippen LogP) is 6.80. The van der Waals surface area contributed by atoms with Crippen molar-refractivity contribution in [2.24, 2.45) is 5.10 Å². The van der Waals surface area contributed by atoms with E-state index in [-0.39, 0.29) is 22.9 Å². The Morgan fingerprint density at radius 3 is 2.63 bits per heavy atom. The van der Waals surface area contributed by atoms with Crippen LogP contribution in [0.15, 0.2) is 76.6 Å². The van der Waals surface area contributed by atoms with Crippen LogP contribution in [0.5, 0.6) is 5.75 Å². The molecule has 4 aromatic rings. The van der Waals surface area contributed by atoms with Crippen LogP contribution in [-0.4, -0.2) is 22.0 Å². The molecule has 0 saturated carbocycles. The van der Waals surface area contributed by atoms with Crippen LogP contribution in [0.1, 0.15) is 31.4 Å². The minimum atomic E-state index is -4.55. The van der Waals surface area contributed by atoms with Crippen molar-refractivity contribution in [2.45, 2.75) is 32.5 Å². The molecule has 0 unspecified atom stereocenters. The molecule has 0 fully saturated rings. The molecule has 1 aromatic heterocycles. The summed E-state index contributed by atoms with van der Waals surface area (Å²) in [7, 11) is 0. The largest absolute Gasteiger partial charge is 0.490 e. The van der Waals surface area contributed by atoms with Crippen molar-refractivity contribution in [1.29, 1.82) is 0 Å². The molecule has 0 aliphatic rings. The maximum absolute atomic E-state index is 13.4. The SMILES string of the molecule is CC[C@H](C)Oc1ccc(Cl)cc1C=Nn1c(-c2cccc(C(F)(F)F)c2)nc2ccccc2c1=O. The highest BCUT2D eigenvalue weighted by Crippen LogP contribution is 2.32. The maximum atomic E-state index is 13.4. The molecule has 0 amide bonds. The summed E-state index contributed by atoms with van der Waals surface area (Å²) < 4.78 is 47.0.